The summed E-state index contributed by atoms with van der Waals surface area (Å²) in [6.45, 7) is 9.16. The second-order valence-corrected chi connectivity index (χ2v) is 8.40. The van der Waals surface area contributed by atoms with Crippen LogP contribution in [0.5, 0.6) is 5.75 Å². The Morgan fingerprint density at radius 1 is 1.23 bits per heavy atom. The molecule has 22 heavy (non-hydrogen) atoms. The molecule has 2 aliphatic rings. The van der Waals surface area contributed by atoms with E-state index in [1.54, 1.807) is 0 Å². The fourth-order valence-electron chi connectivity index (χ4n) is 5.31. The molecule has 1 fully saturated rings. The van der Waals surface area contributed by atoms with E-state index >= 15 is 0 Å². The number of aromatic hydroxyl groups is 1. The van der Waals surface area contributed by atoms with E-state index in [9.17, 15) is 10.2 Å². The Morgan fingerprint density at radius 3 is 2.59 bits per heavy atom. The minimum Gasteiger partial charge on any atom is -0.508 e. The van der Waals surface area contributed by atoms with E-state index < -0.39 is 0 Å². The number of phenolic OH excluding ortho intramolecular Hbond substituents is 1. The zero-order valence-corrected chi connectivity index (χ0v) is 14.4. The Hall–Kier alpha value is -1.02. The summed E-state index contributed by atoms with van der Waals surface area (Å²) in [5.74, 6) is 1.31. The van der Waals surface area contributed by atoms with Gasteiger partial charge in [0.15, 0.2) is 0 Å². The normalized spacial score (nSPS) is 34.4. The third kappa shape index (κ3) is 2.19. The molecular formula is C20H30O2. The number of fused-ring (bicyclic) bond motifs is 3. The van der Waals surface area contributed by atoms with Crippen LogP contribution >= 0.6 is 0 Å². The Balaban J connectivity index is 2.11. The number of aryl methyl sites for hydroxylation is 1. The molecule has 0 saturated heterocycles. The highest BCUT2D eigenvalue weighted by molar-refractivity contribution is 5.48. The summed E-state index contributed by atoms with van der Waals surface area (Å²) in [7, 11) is 0. The van der Waals surface area contributed by atoms with Crippen LogP contribution in [-0.4, -0.2) is 16.8 Å². The Bertz CT molecular complexity index is 577. The highest BCUT2D eigenvalue weighted by atomic mass is 16.3. The second-order valence-electron chi connectivity index (χ2n) is 8.40. The van der Waals surface area contributed by atoms with E-state index in [-0.39, 0.29) is 17.4 Å². The van der Waals surface area contributed by atoms with Gasteiger partial charge >= 0.3 is 0 Å². The summed E-state index contributed by atoms with van der Waals surface area (Å²) in [6, 6.07) is 4.28. The average Bonchev–Trinajstić information content (AvgIpc) is 2.47. The van der Waals surface area contributed by atoms with Crippen LogP contribution in [0.15, 0.2) is 12.1 Å². The number of hydrogen-bond donors (Lipinski definition) is 2. The molecule has 0 spiro atoms. The predicted molar refractivity (Wildman–Crippen MR) is 90.4 cm³/mol. The molecule has 3 atom stereocenters. The molecule has 2 N–H and O–H groups in total. The molecule has 1 saturated carbocycles. The summed E-state index contributed by atoms with van der Waals surface area (Å²) in [5, 5.41) is 20.5. The minimum atomic E-state index is 0.0248. The van der Waals surface area contributed by atoms with E-state index in [2.05, 4.69) is 33.8 Å². The zero-order chi connectivity index (χ0) is 16.1. The Morgan fingerprint density at radius 2 is 1.95 bits per heavy atom. The van der Waals surface area contributed by atoms with Gasteiger partial charge in [0, 0.05) is 6.61 Å². The molecule has 122 valence electrons. The molecule has 0 unspecified atom stereocenters. The number of rotatable bonds is 2. The first kappa shape index (κ1) is 15.9. The van der Waals surface area contributed by atoms with Gasteiger partial charge in [-0.2, -0.15) is 0 Å². The lowest BCUT2D eigenvalue weighted by molar-refractivity contribution is -0.0179. The summed E-state index contributed by atoms with van der Waals surface area (Å²) in [5.41, 5.74) is 3.95. The third-order valence-electron chi connectivity index (χ3n) is 6.61. The molecule has 2 heteroatoms. The largest absolute Gasteiger partial charge is 0.508 e. The number of aliphatic hydroxyl groups is 1. The van der Waals surface area contributed by atoms with Crippen LogP contribution in [0, 0.1) is 11.3 Å². The molecule has 0 amide bonds. The van der Waals surface area contributed by atoms with Gasteiger partial charge in [0.25, 0.3) is 0 Å². The summed E-state index contributed by atoms with van der Waals surface area (Å²) < 4.78 is 0. The number of phenols is 1. The van der Waals surface area contributed by atoms with Crippen molar-refractivity contribution in [2.75, 3.05) is 6.61 Å². The number of benzene rings is 1. The number of aliphatic hydroxyl groups excluding tert-OH is 1. The lowest BCUT2D eigenvalue weighted by atomic mass is 9.50. The summed E-state index contributed by atoms with van der Waals surface area (Å²) >= 11 is 0. The highest BCUT2D eigenvalue weighted by Crippen LogP contribution is 2.57. The molecule has 3 rings (SSSR count). The smallest absolute Gasteiger partial charge is 0.119 e. The molecule has 2 nitrogen and oxygen atoms in total. The van der Waals surface area contributed by atoms with E-state index in [0.29, 0.717) is 17.6 Å². The van der Waals surface area contributed by atoms with Crippen LogP contribution in [0.4, 0.5) is 0 Å². The molecule has 0 radical (unpaired) electrons. The lowest BCUT2D eigenvalue weighted by Gasteiger charge is -2.55. The average molecular weight is 302 g/mol. The molecule has 1 aromatic carbocycles. The van der Waals surface area contributed by atoms with Crippen molar-refractivity contribution in [1.29, 1.82) is 0 Å². The van der Waals surface area contributed by atoms with Gasteiger partial charge in [-0.3, -0.25) is 0 Å². The summed E-state index contributed by atoms with van der Waals surface area (Å²) in [6.07, 6.45) is 5.68. The van der Waals surface area contributed by atoms with Gasteiger partial charge in [0.1, 0.15) is 5.75 Å². The maximum absolute atomic E-state index is 10.5. The van der Waals surface area contributed by atoms with Gasteiger partial charge in [-0.15, -0.1) is 0 Å². The topological polar surface area (TPSA) is 40.5 Å². The zero-order valence-electron chi connectivity index (χ0n) is 14.4. The van der Waals surface area contributed by atoms with Gasteiger partial charge in [0.05, 0.1) is 0 Å². The van der Waals surface area contributed by atoms with Crippen molar-refractivity contribution in [2.24, 2.45) is 11.3 Å². The van der Waals surface area contributed by atoms with Crippen LogP contribution in [0.1, 0.15) is 76.0 Å². The van der Waals surface area contributed by atoms with Gasteiger partial charge in [-0.05, 0) is 71.1 Å². The van der Waals surface area contributed by atoms with E-state index in [1.165, 1.54) is 17.5 Å². The molecule has 2 aliphatic carbocycles. The second kappa shape index (κ2) is 5.26. The fourth-order valence-corrected chi connectivity index (χ4v) is 5.31. The minimum absolute atomic E-state index is 0.0248. The molecule has 0 aliphatic heterocycles. The standard InChI is InChI=1S/C20H30O2/c1-13(2)15-10-14-6-7-18-19(3,12-21)8-5-9-20(18,4)16(14)11-17(15)22/h10-11,13,18,21-22H,5-9,12H2,1-4H3/t18-,19+,20-/m1/s1. The monoisotopic (exact) mass is 302 g/mol. The SMILES string of the molecule is CC(C)c1cc2c(cc1O)[C@@]1(C)CCC[C@@](C)(CO)[C@H]1CC2. The van der Waals surface area contributed by atoms with E-state index in [0.717, 1.165) is 31.2 Å². The van der Waals surface area contributed by atoms with Crippen LogP contribution < -0.4 is 0 Å². The van der Waals surface area contributed by atoms with Gasteiger partial charge in [-0.25, -0.2) is 0 Å². The van der Waals surface area contributed by atoms with Crippen molar-refractivity contribution in [1.82, 2.24) is 0 Å². The maximum Gasteiger partial charge on any atom is 0.119 e. The van der Waals surface area contributed by atoms with Crippen molar-refractivity contribution < 1.29 is 10.2 Å². The van der Waals surface area contributed by atoms with Crippen molar-refractivity contribution in [3.8, 4) is 5.75 Å². The molecule has 0 heterocycles. The molecular weight excluding hydrogens is 272 g/mol. The molecule has 1 aromatic rings. The highest BCUT2D eigenvalue weighted by Gasteiger charge is 2.51. The van der Waals surface area contributed by atoms with Crippen molar-refractivity contribution in [3.63, 3.8) is 0 Å². The number of hydrogen-bond acceptors (Lipinski definition) is 2. The van der Waals surface area contributed by atoms with Crippen LogP contribution in [-0.2, 0) is 11.8 Å². The molecule has 0 aromatic heterocycles. The van der Waals surface area contributed by atoms with Crippen LogP contribution in [0.25, 0.3) is 0 Å². The maximum atomic E-state index is 10.5. The fraction of sp³-hybridized carbons (Fsp3) is 0.700. The van der Waals surface area contributed by atoms with Crippen molar-refractivity contribution in [2.45, 2.75) is 71.1 Å². The van der Waals surface area contributed by atoms with Crippen LogP contribution in [0.3, 0.4) is 0 Å². The van der Waals surface area contributed by atoms with E-state index in [1.807, 2.05) is 6.07 Å². The van der Waals surface area contributed by atoms with Gasteiger partial charge in [-0.1, -0.05) is 40.2 Å². The van der Waals surface area contributed by atoms with Crippen LogP contribution in [0.2, 0.25) is 0 Å². The van der Waals surface area contributed by atoms with Crippen molar-refractivity contribution >= 4 is 0 Å². The lowest BCUT2D eigenvalue weighted by Crippen LogP contribution is -2.50. The first-order valence-electron chi connectivity index (χ1n) is 8.79. The van der Waals surface area contributed by atoms with Crippen molar-refractivity contribution in [3.05, 3.63) is 28.8 Å². The third-order valence-corrected chi connectivity index (χ3v) is 6.61. The predicted octanol–water partition coefficient (Wildman–Crippen LogP) is 4.52. The summed E-state index contributed by atoms with van der Waals surface area (Å²) in [4.78, 5) is 0. The first-order chi connectivity index (χ1) is 10.3. The quantitative estimate of drug-likeness (QED) is 0.843. The van der Waals surface area contributed by atoms with Gasteiger partial charge < -0.3 is 10.2 Å². The Labute approximate surface area is 134 Å². The van der Waals surface area contributed by atoms with Gasteiger partial charge in [0.2, 0.25) is 0 Å². The Kier molecular flexibility index (Phi) is 3.79. The van der Waals surface area contributed by atoms with E-state index in [4.69, 9.17) is 0 Å². The first-order valence-corrected chi connectivity index (χ1v) is 8.79. The molecule has 0 bridgehead atoms.